The van der Waals surface area contributed by atoms with E-state index in [-0.39, 0.29) is 18.5 Å². The van der Waals surface area contributed by atoms with Gasteiger partial charge in [0.15, 0.2) is 0 Å². The SMILES string of the molecule is CC(=O)OCCOc1ccc(CC(C)C=O)cc1. The Morgan fingerprint density at radius 1 is 1.28 bits per heavy atom. The third kappa shape index (κ3) is 5.48. The molecule has 1 unspecified atom stereocenters. The van der Waals surface area contributed by atoms with E-state index in [0.29, 0.717) is 6.61 Å². The molecule has 0 aliphatic carbocycles. The summed E-state index contributed by atoms with van der Waals surface area (Å²) < 4.78 is 10.1. The monoisotopic (exact) mass is 250 g/mol. The van der Waals surface area contributed by atoms with Crippen LogP contribution in [-0.2, 0) is 20.7 Å². The standard InChI is InChI=1S/C14H18O4/c1-11(10-15)9-13-3-5-14(6-4-13)18-8-7-17-12(2)16/h3-6,10-11H,7-9H2,1-2H3. The van der Waals surface area contributed by atoms with Crippen LogP contribution >= 0.6 is 0 Å². The fourth-order valence-corrected chi connectivity index (χ4v) is 1.49. The van der Waals surface area contributed by atoms with E-state index >= 15 is 0 Å². The van der Waals surface area contributed by atoms with Crippen molar-refractivity contribution in [3.8, 4) is 5.75 Å². The Kier molecular flexibility index (Phi) is 5.91. The third-order valence-corrected chi connectivity index (χ3v) is 2.37. The summed E-state index contributed by atoms with van der Waals surface area (Å²) in [7, 11) is 0. The lowest BCUT2D eigenvalue weighted by molar-refractivity contribution is -0.141. The van der Waals surface area contributed by atoms with Crippen molar-refractivity contribution in [3.63, 3.8) is 0 Å². The summed E-state index contributed by atoms with van der Waals surface area (Å²) in [6.45, 7) is 3.84. The maximum Gasteiger partial charge on any atom is 0.302 e. The van der Waals surface area contributed by atoms with E-state index in [4.69, 9.17) is 9.47 Å². The largest absolute Gasteiger partial charge is 0.490 e. The van der Waals surface area contributed by atoms with Gasteiger partial charge in [0.2, 0.25) is 0 Å². The first-order chi connectivity index (χ1) is 8.61. The zero-order valence-electron chi connectivity index (χ0n) is 10.7. The van der Waals surface area contributed by atoms with E-state index in [1.54, 1.807) is 0 Å². The minimum atomic E-state index is -0.309. The van der Waals surface area contributed by atoms with Crippen molar-refractivity contribution < 1.29 is 19.1 Å². The van der Waals surface area contributed by atoms with Gasteiger partial charge in [-0.15, -0.1) is 0 Å². The summed E-state index contributed by atoms with van der Waals surface area (Å²) in [5, 5.41) is 0. The predicted octanol–water partition coefficient (Wildman–Crippen LogP) is 2.01. The molecule has 1 aromatic carbocycles. The van der Waals surface area contributed by atoms with Crippen molar-refractivity contribution in [1.29, 1.82) is 0 Å². The quantitative estimate of drug-likeness (QED) is 0.422. The van der Waals surface area contributed by atoms with Crippen molar-refractivity contribution in [2.75, 3.05) is 13.2 Å². The van der Waals surface area contributed by atoms with Gasteiger partial charge in [-0.25, -0.2) is 0 Å². The van der Waals surface area contributed by atoms with Gasteiger partial charge in [-0.05, 0) is 24.1 Å². The molecular weight excluding hydrogens is 232 g/mol. The molecule has 0 aliphatic rings. The van der Waals surface area contributed by atoms with Crippen LogP contribution in [0.15, 0.2) is 24.3 Å². The highest BCUT2D eigenvalue weighted by molar-refractivity contribution is 5.65. The number of hydrogen-bond donors (Lipinski definition) is 0. The van der Waals surface area contributed by atoms with E-state index < -0.39 is 0 Å². The van der Waals surface area contributed by atoms with Gasteiger partial charge in [0.25, 0.3) is 0 Å². The Morgan fingerprint density at radius 2 is 1.94 bits per heavy atom. The number of benzene rings is 1. The van der Waals surface area contributed by atoms with Crippen molar-refractivity contribution in [3.05, 3.63) is 29.8 Å². The Hall–Kier alpha value is -1.84. The fourth-order valence-electron chi connectivity index (χ4n) is 1.49. The number of esters is 1. The van der Waals surface area contributed by atoms with Gasteiger partial charge in [0.1, 0.15) is 25.2 Å². The summed E-state index contributed by atoms with van der Waals surface area (Å²) in [6, 6.07) is 7.56. The van der Waals surface area contributed by atoms with E-state index in [0.717, 1.165) is 24.0 Å². The first-order valence-corrected chi connectivity index (χ1v) is 5.92. The normalized spacial score (nSPS) is 11.7. The molecule has 0 bridgehead atoms. The number of aldehydes is 1. The molecule has 4 heteroatoms. The van der Waals surface area contributed by atoms with Crippen LogP contribution in [0.4, 0.5) is 0 Å². The minimum absolute atomic E-state index is 0.0285. The van der Waals surface area contributed by atoms with Gasteiger partial charge in [-0.3, -0.25) is 4.79 Å². The van der Waals surface area contributed by atoms with E-state index in [1.807, 2.05) is 31.2 Å². The number of carbonyl (C=O) groups is 2. The first kappa shape index (κ1) is 14.2. The lowest BCUT2D eigenvalue weighted by Gasteiger charge is -2.08. The minimum Gasteiger partial charge on any atom is -0.490 e. The fraction of sp³-hybridized carbons (Fsp3) is 0.429. The van der Waals surface area contributed by atoms with Gasteiger partial charge < -0.3 is 14.3 Å². The third-order valence-electron chi connectivity index (χ3n) is 2.37. The maximum absolute atomic E-state index is 10.5. The molecule has 4 nitrogen and oxygen atoms in total. The molecule has 1 atom stereocenters. The molecule has 0 N–H and O–H groups in total. The molecule has 0 aromatic heterocycles. The van der Waals surface area contributed by atoms with Gasteiger partial charge >= 0.3 is 5.97 Å². The van der Waals surface area contributed by atoms with Crippen LogP contribution in [0, 0.1) is 5.92 Å². The highest BCUT2D eigenvalue weighted by atomic mass is 16.6. The van der Waals surface area contributed by atoms with Gasteiger partial charge in [0.05, 0.1) is 0 Å². The van der Waals surface area contributed by atoms with Crippen LogP contribution in [0.5, 0.6) is 5.75 Å². The molecule has 0 fully saturated rings. The molecule has 0 heterocycles. The average Bonchev–Trinajstić information content (AvgIpc) is 2.36. The zero-order chi connectivity index (χ0) is 13.4. The smallest absolute Gasteiger partial charge is 0.302 e. The lowest BCUT2D eigenvalue weighted by atomic mass is 10.0. The Balaban J connectivity index is 2.35. The predicted molar refractivity (Wildman–Crippen MR) is 67.5 cm³/mol. The molecule has 1 rings (SSSR count). The molecule has 18 heavy (non-hydrogen) atoms. The van der Waals surface area contributed by atoms with Crippen LogP contribution < -0.4 is 4.74 Å². The second-order valence-electron chi connectivity index (χ2n) is 4.15. The lowest BCUT2D eigenvalue weighted by Crippen LogP contribution is -2.09. The second-order valence-corrected chi connectivity index (χ2v) is 4.15. The van der Waals surface area contributed by atoms with Crippen LogP contribution in [-0.4, -0.2) is 25.5 Å². The van der Waals surface area contributed by atoms with Crippen molar-refractivity contribution >= 4 is 12.3 Å². The molecule has 1 aromatic rings. The molecule has 0 saturated carbocycles. The van der Waals surface area contributed by atoms with Crippen molar-refractivity contribution in [1.82, 2.24) is 0 Å². The Labute approximate surface area is 107 Å². The second kappa shape index (κ2) is 7.48. The number of carbonyl (C=O) groups excluding carboxylic acids is 2. The van der Waals surface area contributed by atoms with Crippen molar-refractivity contribution in [2.24, 2.45) is 5.92 Å². The van der Waals surface area contributed by atoms with Crippen LogP contribution in [0.2, 0.25) is 0 Å². The Bertz CT molecular complexity index is 383. The molecule has 0 radical (unpaired) electrons. The van der Waals surface area contributed by atoms with Gasteiger partial charge in [0, 0.05) is 12.8 Å². The van der Waals surface area contributed by atoms with Crippen LogP contribution in [0.3, 0.4) is 0 Å². The first-order valence-electron chi connectivity index (χ1n) is 5.92. The van der Waals surface area contributed by atoms with Crippen LogP contribution in [0.25, 0.3) is 0 Å². The summed E-state index contributed by atoms with van der Waals surface area (Å²) in [4.78, 5) is 21.1. The molecular formula is C14H18O4. The highest BCUT2D eigenvalue weighted by Gasteiger charge is 2.02. The van der Waals surface area contributed by atoms with Gasteiger partial charge in [-0.2, -0.15) is 0 Å². The van der Waals surface area contributed by atoms with E-state index in [2.05, 4.69) is 0 Å². The average molecular weight is 250 g/mol. The van der Waals surface area contributed by atoms with E-state index in [9.17, 15) is 9.59 Å². The molecule has 0 saturated heterocycles. The van der Waals surface area contributed by atoms with Crippen LogP contribution in [0.1, 0.15) is 19.4 Å². The molecule has 0 aliphatic heterocycles. The summed E-state index contributed by atoms with van der Waals surface area (Å²) >= 11 is 0. The maximum atomic E-state index is 10.5. The number of rotatable bonds is 7. The molecule has 98 valence electrons. The molecule has 0 amide bonds. The topological polar surface area (TPSA) is 52.6 Å². The summed E-state index contributed by atoms with van der Waals surface area (Å²) in [5.74, 6) is 0.446. The Morgan fingerprint density at radius 3 is 2.50 bits per heavy atom. The van der Waals surface area contributed by atoms with Gasteiger partial charge in [-0.1, -0.05) is 19.1 Å². The summed E-state index contributed by atoms with van der Waals surface area (Å²) in [5.41, 5.74) is 1.10. The number of hydrogen-bond acceptors (Lipinski definition) is 4. The highest BCUT2D eigenvalue weighted by Crippen LogP contribution is 2.14. The van der Waals surface area contributed by atoms with Crippen molar-refractivity contribution in [2.45, 2.75) is 20.3 Å². The summed E-state index contributed by atoms with van der Waals surface area (Å²) in [6.07, 6.45) is 1.68. The molecule has 0 spiro atoms. The van der Waals surface area contributed by atoms with E-state index in [1.165, 1.54) is 6.92 Å². The number of ether oxygens (including phenoxy) is 2. The zero-order valence-corrected chi connectivity index (χ0v) is 10.7.